The molecule has 2 N–H and O–H groups in total. The first kappa shape index (κ1) is 24.3. The molecule has 2 amide bonds. The van der Waals surface area contributed by atoms with Crippen LogP contribution in [0.3, 0.4) is 0 Å². The van der Waals surface area contributed by atoms with Gasteiger partial charge in [-0.25, -0.2) is 4.98 Å². The highest BCUT2D eigenvalue weighted by atomic mass is 32.1. The number of nitrogens with one attached hydrogen (secondary N) is 2. The molecule has 0 spiro atoms. The molecule has 0 saturated heterocycles. The zero-order valence-electron chi connectivity index (χ0n) is 20.1. The van der Waals surface area contributed by atoms with Gasteiger partial charge < -0.3 is 24.8 Å². The van der Waals surface area contributed by atoms with Gasteiger partial charge in [0.25, 0.3) is 11.5 Å². The molecule has 0 unspecified atom stereocenters. The van der Waals surface area contributed by atoms with Crippen LogP contribution >= 0.6 is 11.3 Å². The lowest BCUT2D eigenvalue weighted by atomic mass is 10.2. The number of para-hydroxylation sites is 4. The predicted octanol–water partition coefficient (Wildman–Crippen LogP) is 2.98. The molecule has 0 bridgehead atoms. The fourth-order valence-corrected chi connectivity index (χ4v) is 5.09. The summed E-state index contributed by atoms with van der Waals surface area (Å²) in [4.78, 5) is 43.9. The van der Waals surface area contributed by atoms with Gasteiger partial charge in [-0.3, -0.25) is 19.0 Å². The van der Waals surface area contributed by atoms with Gasteiger partial charge in [0.05, 0.1) is 35.9 Å². The number of thiophene rings is 1. The summed E-state index contributed by atoms with van der Waals surface area (Å²) in [6.45, 7) is 2.01. The van der Waals surface area contributed by atoms with E-state index in [9.17, 15) is 14.4 Å². The van der Waals surface area contributed by atoms with Crippen molar-refractivity contribution in [2.75, 3.05) is 25.6 Å². The van der Waals surface area contributed by atoms with Gasteiger partial charge >= 0.3 is 0 Å². The van der Waals surface area contributed by atoms with Gasteiger partial charge in [0.2, 0.25) is 5.91 Å². The lowest BCUT2D eigenvalue weighted by Gasteiger charge is -2.26. The molecule has 0 radical (unpaired) electrons. The third kappa shape index (κ3) is 4.98. The lowest BCUT2D eigenvalue weighted by Crippen LogP contribution is -2.40. The Hall–Kier alpha value is -4.38. The minimum atomic E-state index is -0.408. The summed E-state index contributed by atoms with van der Waals surface area (Å²) >= 11 is 1.13. The van der Waals surface area contributed by atoms with Crippen molar-refractivity contribution >= 4 is 39.1 Å². The van der Waals surface area contributed by atoms with Crippen molar-refractivity contribution in [3.8, 4) is 17.2 Å². The van der Waals surface area contributed by atoms with Crippen LogP contribution in [0.2, 0.25) is 0 Å². The molecular formula is C26H24N4O6S. The average molecular weight is 521 g/mol. The molecule has 190 valence electrons. The van der Waals surface area contributed by atoms with E-state index >= 15 is 0 Å². The Morgan fingerprint density at radius 3 is 2.73 bits per heavy atom. The van der Waals surface area contributed by atoms with Crippen LogP contribution in [0, 0.1) is 6.92 Å². The van der Waals surface area contributed by atoms with Crippen LogP contribution in [0.25, 0.3) is 10.2 Å². The van der Waals surface area contributed by atoms with E-state index in [1.165, 1.54) is 18.0 Å². The first-order valence-electron chi connectivity index (χ1n) is 11.5. The average Bonchev–Trinajstić information content (AvgIpc) is 3.26. The van der Waals surface area contributed by atoms with E-state index in [-0.39, 0.29) is 25.1 Å². The summed E-state index contributed by atoms with van der Waals surface area (Å²) in [5, 5.41) is 5.92. The molecule has 2 aromatic heterocycles. The van der Waals surface area contributed by atoms with Gasteiger partial charge in [-0.1, -0.05) is 24.3 Å². The Bertz CT molecular complexity index is 1550. The minimum absolute atomic E-state index is 0.238. The fourth-order valence-electron chi connectivity index (χ4n) is 4.03. The minimum Gasteiger partial charge on any atom is -0.495 e. The highest BCUT2D eigenvalue weighted by molar-refractivity contribution is 7.20. The zero-order chi connectivity index (χ0) is 25.9. The van der Waals surface area contributed by atoms with Crippen molar-refractivity contribution in [1.82, 2.24) is 14.9 Å². The number of hydrogen-bond acceptors (Lipinski definition) is 8. The van der Waals surface area contributed by atoms with E-state index in [2.05, 4.69) is 15.6 Å². The molecular weight excluding hydrogens is 496 g/mol. The first-order chi connectivity index (χ1) is 17.9. The number of nitrogens with zero attached hydrogens (tertiary/aromatic N) is 2. The number of rotatable bonds is 7. The second-order valence-electron chi connectivity index (χ2n) is 8.37. The Morgan fingerprint density at radius 2 is 1.92 bits per heavy atom. The highest BCUT2D eigenvalue weighted by Gasteiger charge is 2.24. The number of carbonyl (C=O) groups excluding carboxylic acids is 2. The van der Waals surface area contributed by atoms with Crippen LogP contribution in [0.1, 0.15) is 15.2 Å². The molecule has 5 rings (SSSR count). The quantitative estimate of drug-likeness (QED) is 0.384. The van der Waals surface area contributed by atoms with Gasteiger partial charge in [-0.05, 0) is 36.8 Å². The van der Waals surface area contributed by atoms with E-state index in [0.717, 1.165) is 11.3 Å². The van der Waals surface area contributed by atoms with Crippen molar-refractivity contribution < 1.29 is 23.8 Å². The molecule has 11 heteroatoms. The normalized spacial score (nSPS) is 14.3. The summed E-state index contributed by atoms with van der Waals surface area (Å²) in [5.74, 6) is 1.07. The second-order valence-corrected chi connectivity index (χ2v) is 9.37. The number of anilines is 1. The highest BCUT2D eigenvalue weighted by Crippen LogP contribution is 2.31. The SMILES string of the molecule is COc1ccccc1NC(=O)Cn1cnc2sc(C(=O)NC[C@@H]3COc4ccccc4O3)c(C)c2c1=O. The number of carbonyl (C=O) groups is 2. The molecule has 0 aliphatic carbocycles. The smallest absolute Gasteiger partial charge is 0.262 e. The topological polar surface area (TPSA) is 121 Å². The summed E-state index contributed by atoms with van der Waals surface area (Å²) in [5.41, 5.74) is 0.618. The van der Waals surface area contributed by atoms with Crippen molar-refractivity contribution in [3.05, 3.63) is 75.7 Å². The van der Waals surface area contributed by atoms with Crippen LogP contribution in [0.4, 0.5) is 5.69 Å². The zero-order valence-corrected chi connectivity index (χ0v) is 21.0. The second kappa shape index (κ2) is 10.3. The number of benzene rings is 2. The molecule has 10 nitrogen and oxygen atoms in total. The first-order valence-corrected chi connectivity index (χ1v) is 12.3. The largest absolute Gasteiger partial charge is 0.495 e. The van der Waals surface area contributed by atoms with Crippen LogP contribution in [0.5, 0.6) is 17.2 Å². The van der Waals surface area contributed by atoms with Crippen LogP contribution < -0.4 is 30.4 Å². The van der Waals surface area contributed by atoms with E-state index in [4.69, 9.17) is 14.2 Å². The maximum atomic E-state index is 13.2. The maximum absolute atomic E-state index is 13.2. The number of fused-ring (bicyclic) bond motifs is 2. The molecule has 37 heavy (non-hydrogen) atoms. The summed E-state index contributed by atoms with van der Waals surface area (Å²) in [6, 6.07) is 14.3. The van der Waals surface area contributed by atoms with E-state index in [1.54, 1.807) is 31.2 Å². The molecule has 3 heterocycles. The van der Waals surface area contributed by atoms with Gasteiger partial charge in [-0.2, -0.15) is 0 Å². The standard InChI is InChI=1S/C26H24N4O6S/c1-15-22-25(28-14-30(26(22)33)12-21(31)29-17-7-3-4-8-18(17)34-2)37-23(15)24(32)27-11-16-13-35-19-9-5-6-10-20(19)36-16/h3-10,14,16H,11-13H2,1-2H3,(H,27,32)(H,29,31)/t16-/m1/s1. The monoisotopic (exact) mass is 520 g/mol. The molecule has 0 fully saturated rings. The Labute approximate surface area is 215 Å². The third-order valence-electron chi connectivity index (χ3n) is 5.88. The predicted molar refractivity (Wildman–Crippen MR) is 139 cm³/mol. The van der Waals surface area contributed by atoms with Crippen LogP contribution in [0.15, 0.2) is 59.7 Å². The molecule has 4 aromatic rings. The van der Waals surface area contributed by atoms with Gasteiger partial charge in [0.1, 0.15) is 29.8 Å². The molecule has 1 aliphatic heterocycles. The molecule has 0 saturated carbocycles. The van der Waals surface area contributed by atoms with Gasteiger partial charge in [0, 0.05) is 0 Å². The van der Waals surface area contributed by atoms with Crippen molar-refractivity contribution in [2.45, 2.75) is 19.6 Å². The number of aryl methyl sites for hydroxylation is 1. The summed E-state index contributed by atoms with van der Waals surface area (Å²) in [7, 11) is 1.51. The Balaban J connectivity index is 1.28. The van der Waals surface area contributed by atoms with E-state index in [0.29, 0.717) is 50.2 Å². The fraction of sp³-hybridized carbons (Fsp3) is 0.231. The van der Waals surface area contributed by atoms with E-state index in [1.807, 2.05) is 24.3 Å². The lowest BCUT2D eigenvalue weighted by molar-refractivity contribution is -0.116. The Kier molecular flexibility index (Phi) is 6.78. The number of amides is 2. The van der Waals surface area contributed by atoms with Gasteiger partial charge in [0.15, 0.2) is 11.5 Å². The summed E-state index contributed by atoms with van der Waals surface area (Å²) in [6.07, 6.45) is 0.972. The molecule has 1 atom stereocenters. The van der Waals surface area contributed by atoms with Crippen molar-refractivity contribution in [1.29, 1.82) is 0 Å². The third-order valence-corrected chi connectivity index (χ3v) is 7.07. The maximum Gasteiger partial charge on any atom is 0.262 e. The van der Waals surface area contributed by atoms with E-state index < -0.39 is 11.5 Å². The van der Waals surface area contributed by atoms with Crippen LogP contribution in [-0.2, 0) is 11.3 Å². The number of ether oxygens (including phenoxy) is 3. The number of hydrogen-bond donors (Lipinski definition) is 2. The number of aromatic nitrogens is 2. The molecule has 1 aliphatic rings. The van der Waals surface area contributed by atoms with Gasteiger partial charge in [-0.15, -0.1) is 11.3 Å². The Morgan fingerprint density at radius 1 is 1.16 bits per heavy atom. The van der Waals surface area contributed by atoms with Crippen molar-refractivity contribution in [3.63, 3.8) is 0 Å². The summed E-state index contributed by atoms with van der Waals surface area (Å²) < 4.78 is 18.0. The molecule has 2 aromatic carbocycles. The van der Waals surface area contributed by atoms with Crippen LogP contribution in [-0.4, -0.2) is 47.7 Å². The van der Waals surface area contributed by atoms with Crippen molar-refractivity contribution in [2.24, 2.45) is 0 Å². The number of methoxy groups -OCH3 is 1.